The van der Waals surface area contributed by atoms with Crippen LogP contribution in [0.25, 0.3) is 0 Å². The first kappa shape index (κ1) is 15.7. The SMILES string of the molecule is COC1CC(C(=O)O)N(C(=O)CNCC(F)(F)F)C1. The van der Waals surface area contributed by atoms with E-state index in [-0.39, 0.29) is 13.0 Å². The van der Waals surface area contributed by atoms with Crippen molar-refractivity contribution in [1.82, 2.24) is 10.2 Å². The minimum Gasteiger partial charge on any atom is -0.480 e. The van der Waals surface area contributed by atoms with Crippen LogP contribution in [0.15, 0.2) is 0 Å². The molecular weight excluding hydrogens is 269 g/mol. The van der Waals surface area contributed by atoms with Crippen LogP contribution in [0.1, 0.15) is 6.42 Å². The number of methoxy groups -OCH3 is 1. The van der Waals surface area contributed by atoms with Crippen LogP contribution in [-0.2, 0) is 14.3 Å². The summed E-state index contributed by atoms with van der Waals surface area (Å²) in [6, 6.07) is -1.05. The van der Waals surface area contributed by atoms with Crippen molar-refractivity contribution in [3.05, 3.63) is 0 Å². The Hall–Kier alpha value is -1.35. The molecule has 110 valence electrons. The number of carbonyl (C=O) groups is 2. The van der Waals surface area contributed by atoms with E-state index in [0.717, 1.165) is 4.90 Å². The number of aliphatic carboxylic acids is 1. The number of nitrogens with zero attached hydrogens (tertiary/aromatic N) is 1. The first-order chi connectivity index (χ1) is 8.74. The molecule has 1 saturated heterocycles. The van der Waals surface area contributed by atoms with Crippen LogP contribution in [0, 0.1) is 0 Å². The first-order valence-electron chi connectivity index (χ1n) is 5.57. The number of alkyl halides is 3. The standard InChI is InChI=1S/C10H15F3N2O4/c1-19-6-2-7(9(17)18)15(4-6)8(16)3-14-5-10(11,12)13/h6-7,14H,2-5H2,1H3,(H,17,18). The minimum absolute atomic E-state index is 0.0694. The molecule has 0 aliphatic carbocycles. The van der Waals surface area contributed by atoms with Crippen LogP contribution in [0.4, 0.5) is 13.2 Å². The van der Waals surface area contributed by atoms with E-state index in [9.17, 15) is 22.8 Å². The molecule has 0 aromatic carbocycles. The van der Waals surface area contributed by atoms with Crippen molar-refractivity contribution < 1.29 is 32.6 Å². The third-order valence-electron chi connectivity index (χ3n) is 2.80. The van der Waals surface area contributed by atoms with Crippen molar-refractivity contribution in [3.63, 3.8) is 0 Å². The predicted octanol–water partition coefficient (Wildman–Crippen LogP) is -0.161. The van der Waals surface area contributed by atoms with Crippen LogP contribution in [0.2, 0.25) is 0 Å². The Kier molecular flexibility index (Phi) is 5.12. The number of hydrogen-bond acceptors (Lipinski definition) is 4. The second-order valence-electron chi connectivity index (χ2n) is 4.21. The molecule has 2 atom stereocenters. The van der Waals surface area contributed by atoms with E-state index in [1.165, 1.54) is 7.11 Å². The number of likely N-dealkylation sites (tertiary alicyclic amines) is 1. The second kappa shape index (κ2) is 6.20. The van der Waals surface area contributed by atoms with Gasteiger partial charge in [0.05, 0.1) is 19.2 Å². The van der Waals surface area contributed by atoms with Crippen molar-refractivity contribution in [2.75, 3.05) is 26.7 Å². The lowest BCUT2D eigenvalue weighted by atomic mass is 10.2. The summed E-state index contributed by atoms with van der Waals surface area (Å²) in [5, 5.41) is 10.9. The van der Waals surface area contributed by atoms with Gasteiger partial charge in [0.2, 0.25) is 5.91 Å². The van der Waals surface area contributed by atoms with Gasteiger partial charge in [-0.25, -0.2) is 4.79 Å². The highest BCUT2D eigenvalue weighted by Crippen LogP contribution is 2.20. The van der Waals surface area contributed by atoms with Gasteiger partial charge >= 0.3 is 12.1 Å². The molecule has 0 spiro atoms. The Balaban J connectivity index is 2.52. The molecule has 1 amide bonds. The lowest BCUT2D eigenvalue weighted by Crippen LogP contribution is -2.46. The fourth-order valence-electron chi connectivity index (χ4n) is 1.89. The molecule has 19 heavy (non-hydrogen) atoms. The van der Waals surface area contributed by atoms with E-state index in [1.54, 1.807) is 0 Å². The van der Waals surface area contributed by atoms with Crippen molar-refractivity contribution in [1.29, 1.82) is 0 Å². The largest absolute Gasteiger partial charge is 0.480 e. The van der Waals surface area contributed by atoms with E-state index in [1.807, 2.05) is 5.32 Å². The number of halogens is 3. The molecule has 1 aliphatic rings. The van der Waals surface area contributed by atoms with Gasteiger partial charge in [0.25, 0.3) is 0 Å². The minimum atomic E-state index is -4.41. The predicted molar refractivity (Wildman–Crippen MR) is 57.5 cm³/mol. The molecule has 1 aliphatic heterocycles. The van der Waals surface area contributed by atoms with Crippen molar-refractivity contribution in [2.24, 2.45) is 0 Å². The summed E-state index contributed by atoms with van der Waals surface area (Å²) in [5.41, 5.74) is 0. The highest BCUT2D eigenvalue weighted by molar-refractivity contribution is 5.85. The fourth-order valence-corrected chi connectivity index (χ4v) is 1.89. The number of carbonyl (C=O) groups excluding carboxylic acids is 1. The Bertz CT molecular complexity index is 348. The Morgan fingerprint density at radius 2 is 2.11 bits per heavy atom. The van der Waals surface area contributed by atoms with Crippen LogP contribution >= 0.6 is 0 Å². The van der Waals surface area contributed by atoms with Crippen molar-refractivity contribution in [3.8, 4) is 0 Å². The molecule has 9 heteroatoms. The maximum atomic E-state index is 11.9. The highest BCUT2D eigenvalue weighted by Gasteiger charge is 2.39. The van der Waals surface area contributed by atoms with Gasteiger partial charge in [-0.05, 0) is 0 Å². The van der Waals surface area contributed by atoms with Crippen LogP contribution in [0.5, 0.6) is 0 Å². The van der Waals surface area contributed by atoms with E-state index in [4.69, 9.17) is 9.84 Å². The molecule has 0 saturated carbocycles. The molecular formula is C10H15F3N2O4. The first-order valence-corrected chi connectivity index (χ1v) is 5.57. The van der Waals surface area contributed by atoms with E-state index in [0.29, 0.717) is 0 Å². The lowest BCUT2D eigenvalue weighted by molar-refractivity contribution is -0.148. The summed E-state index contributed by atoms with van der Waals surface area (Å²) in [4.78, 5) is 23.7. The number of amides is 1. The fraction of sp³-hybridized carbons (Fsp3) is 0.800. The van der Waals surface area contributed by atoms with E-state index < -0.39 is 43.3 Å². The zero-order valence-corrected chi connectivity index (χ0v) is 10.2. The van der Waals surface area contributed by atoms with E-state index >= 15 is 0 Å². The summed E-state index contributed by atoms with van der Waals surface area (Å²) in [6.07, 6.45) is -4.68. The van der Waals surface area contributed by atoms with Gasteiger partial charge < -0.3 is 20.1 Å². The third kappa shape index (κ3) is 4.67. The average Bonchev–Trinajstić information content (AvgIpc) is 2.71. The van der Waals surface area contributed by atoms with E-state index in [2.05, 4.69) is 0 Å². The van der Waals surface area contributed by atoms with Crippen LogP contribution < -0.4 is 5.32 Å². The topological polar surface area (TPSA) is 78.9 Å². The molecule has 1 heterocycles. The molecule has 0 aromatic heterocycles. The number of rotatable bonds is 5. The molecule has 1 rings (SSSR count). The number of nitrogens with one attached hydrogen (secondary N) is 1. The van der Waals surface area contributed by atoms with Gasteiger partial charge in [-0.15, -0.1) is 0 Å². The highest BCUT2D eigenvalue weighted by atomic mass is 19.4. The van der Waals surface area contributed by atoms with Crippen LogP contribution in [-0.4, -0.2) is 66.9 Å². The number of hydrogen-bond donors (Lipinski definition) is 2. The number of carboxylic acids is 1. The summed E-state index contributed by atoms with van der Waals surface area (Å²) in [6.45, 7) is -1.78. The normalized spacial score (nSPS) is 23.7. The average molecular weight is 284 g/mol. The zero-order valence-electron chi connectivity index (χ0n) is 10.2. The van der Waals surface area contributed by atoms with Gasteiger partial charge in [-0.2, -0.15) is 13.2 Å². The summed E-state index contributed by atoms with van der Waals surface area (Å²) < 4.78 is 40.7. The molecule has 1 fully saturated rings. The quantitative estimate of drug-likeness (QED) is 0.733. The molecule has 0 radical (unpaired) electrons. The maximum Gasteiger partial charge on any atom is 0.401 e. The van der Waals surface area contributed by atoms with Gasteiger partial charge in [0.1, 0.15) is 6.04 Å². The zero-order chi connectivity index (χ0) is 14.6. The second-order valence-corrected chi connectivity index (χ2v) is 4.21. The summed E-state index contributed by atoms with van der Waals surface area (Å²) >= 11 is 0. The van der Waals surface area contributed by atoms with Crippen LogP contribution in [0.3, 0.4) is 0 Å². The van der Waals surface area contributed by atoms with Gasteiger partial charge in [0, 0.05) is 20.1 Å². The third-order valence-corrected chi connectivity index (χ3v) is 2.80. The molecule has 2 N–H and O–H groups in total. The molecule has 0 aromatic rings. The molecule has 6 nitrogen and oxygen atoms in total. The smallest absolute Gasteiger partial charge is 0.401 e. The van der Waals surface area contributed by atoms with Crippen molar-refractivity contribution in [2.45, 2.75) is 24.7 Å². The molecule has 0 bridgehead atoms. The Morgan fingerprint density at radius 3 is 2.58 bits per heavy atom. The summed E-state index contributed by atoms with van der Waals surface area (Å²) in [7, 11) is 1.39. The van der Waals surface area contributed by atoms with Gasteiger partial charge in [0.15, 0.2) is 0 Å². The summed E-state index contributed by atoms with van der Waals surface area (Å²) in [5.74, 6) is -1.88. The van der Waals surface area contributed by atoms with Gasteiger partial charge in [-0.1, -0.05) is 0 Å². The monoisotopic (exact) mass is 284 g/mol. The van der Waals surface area contributed by atoms with Gasteiger partial charge in [-0.3, -0.25) is 4.79 Å². The van der Waals surface area contributed by atoms with Crippen molar-refractivity contribution >= 4 is 11.9 Å². The molecule has 2 unspecified atom stereocenters. The lowest BCUT2D eigenvalue weighted by Gasteiger charge is -2.21. The Labute approximate surface area is 107 Å². The Morgan fingerprint density at radius 1 is 1.47 bits per heavy atom. The number of carboxylic acid groups (broad SMARTS) is 1. The maximum absolute atomic E-state index is 11.9. The number of ether oxygens (including phenoxy) is 1.